The molecule has 0 aliphatic heterocycles. The van der Waals surface area contributed by atoms with Crippen LogP contribution in [0.5, 0.6) is 0 Å². The number of rotatable bonds is 5. The third kappa shape index (κ3) is 3.64. The van der Waals surface area contributed by atoms with Gasteiger partial charge in [-0.3, -0.25) is 9.59 Å². The molecule has 1 N–H and O–H groups in total. The van der Waals surface area contributed by atoms with Crippen molar-refractivity contribution in [3.63, 3.8) is 0 Å². The maximum absolute atomic E-state index is 13.8. The summed E-state index contributed by atoms with van der Waals surface area (Å²) in [5.74, 6) is -1.64. The molecule has 0 fully saturated rings. The Morgan fingerprint density at radius 3 is 2.80 bits per heavy atom. The van der Waals surface area contributed by atoms with E-state index in [0.717, 1.165) is 11.8 Å². The summed E-state index contributed by atoms with van der Waals surface area (Å²) in [7, 11) is 0. The van der Waals surface area contributed by atoms with Gasteiger partial charge in [0.15, 0.2) is 10.1 Å². The summed E-state index contributed by atoms with van der Waals surface area (Å²) in [6.45, 7) is 1.38. The first-order valence-electron chi connectivity index (χ1n) is 5.60. The van der Waals surface area contributed by atoms with Gasteiger partial charge >= 0.3 is 5.97 Å². The van der Waals surface area contributed by atoms with Crippen LogP contribution in [-0.2, 0) is 11.2 Å². The second-order valence-corrected chi connectivity index (χ2v) is 6.13. The minimum Gasteiger partial charge on any atom is -0.481 e. The van der Waals surface area contributed by atoms with Crippen molar-refractivity contribution in [2.24, 2.45) is 0 Å². The van der Waals surface area contributed by atoms with Crippen molar-refractivity contribution in [3.8, 4) is 0 Å². The van der Waals surface area contributed by atoms with Gasteiger partial charge in [0.1, 0.15) is 5.82 Å². The van der Waals surface area contributed by atoms with E-state index in [2.05, 4.69) is 4.98 Å². The first-order valence-corrected chi connectivity index (χ1v) is 7.30. The quantitative estimate of drug-likeness (QED) is 0.858. The molecule has 1 aromatic heterocycles. The summed E-state index contributed by atoms with van der Waals surface area (Å²) in [5.41, 5.74) is 0.767. The lowest BCUT2D eigenvalue weighted by Gasteiger charge is -2.02. The lowest BCUT2D eigenvalue weighted by Crippen LogP contribution is -1.99. The van der Waals surface area contributed by atoms with Crippen molar-refractivity contribution in [1.29, 1.82) is 0 Å². The highest BCUT2D eigenvalue weighted by Crippen LogP contribution is 2.32. The maximum atomic E-state index is 13.8. The predicted molar refractivity (Wildman–Crippen MR) is 74.0 cm³/mol. The second kappa shape index (κ2) is 6.15. The zero-order valence-electron chi connectivity index (χ0n) is 10.4. The molecule has 0 aliphatic rings. The van der Waals surface area contributed by atoms with Crippen molar-refractivity contribution < 1.29 is 19.1 Å². The topological polar surface area (TPSA) is 67.3 Å². The Bertz CT molecular complexity index is 669. The highest BCUT2D eigenvalue weighted by Gasteiger charge is 2.11. The lowest BCUT2D eigenvalue weighted by atomic mass is 10.1. The fraction of sp³-hybridized carbons (Fsp3) is 0.154. The van der Waals surface area contributed by atoms with Gasteiger partial charge in [-0.25, -0.2) is 9.37 Å². The highest BCUT2D eigenvalue weighted by atomic mass is 32.2. The molecule has 2 rings (SSSR count). The summed E-state index contributed by atoms with van der Waals surface area (Å²) in [6, 6.07) is 4.27. The van der Waals surface area contributed by atoms with Crippen LogP contribution < -0.4 is 0 Å². The minimum absolute atomic E-state index is 0.150. The van der Waals surface area contributed by atoms with Crippen molar-refractivity contribution in [2.75, 3.05) is 0 Å². The number of carboxylic acid groups (broad SMARTS) is 1. The molecular formula is C13H10FNO3S2. The Kier molecular flexibility index (Phi) is 4.51. The maximum Gasteiger partial charge on any atom is 0.309 e. The van der Waals surface area contributed by atoms with Crippen LogP contribution in [0, 0.1) is 5.82 Å². The van der Waals surface area contributed by atoms with Crippen LogP contribution in [0.3, 0.4) is 0 Å². The Balaban J connectivity index is 2.15. The smallest absolute Gasteiger partial charge is 0.309 e. The molecule has 0 aliphatic carbocycles. The summed E-state index contributed by atoms with van der Waals surface area (Å²) in [6.07, 6.45) is -0.150. The van der Waals surface area contributed by atoms with E-state index < -0.39 is 11.8 Å². The van der Waals surface area contributed by atoms with Crippen molar-refractivity contribution in [3.05, 3.63) is 40.7 Å². The van der Waals surface area contributed by atoms with E-state index in [1.165, 1.54) is 30.4 Å². The van der Waals surface area contributed by atoms with Gasteiger partial charge in [-0.15, -0.1) is 11.3 Å². The molecule has 0 radical (unpaired) electrons. The molecule has 0 saturated heterocycles. The van der Waals surface area contributed by atoms with Gasteiger partial charge in [-0.1, -0.05) is 17.8 Å². The first-order chi connectivity index (χ1) is 9.45. The van der Waals surface area contributed by atoms with Crippen LogP contribution in [0.4, 0.5) is 4.39 Å². The third-order valence-corrected chi connectivity index (χ3v) is 4.44. The second-order valence-electron chi connectivity index (χ2n) is 3.98. The number of halogens is 1. The number of aromatic nitrogens is 1. The molecule has 0 bridgehead atoms. The molecule has 2 aromatic rings. The van der Waals surface area contributed by atoms with Crippen LogP contribution in [-0.4, -0.2) is 21.8 Å². The summed E-state index contributed by atoms with van der Waals surface area (Å²) >= 11 is 2.37. The molecular weight excluding hydrogens is 301 g/mol. The van der Waals surface area contributed by atoms with Crippen LogP contribution in [0.1, 0.15) is 23.0 Å². The SMILES string of the molecule is CC(=O)c1ccc(Sc2nc(CC(=O)O)cs2)c(F)c1. The van der Waals surface area contributed by atoms with Gasteiger partial charge in [-0.2, -0.15) is 0 Å². The summed E-state index contributed by atoms with van der Waals surface area (Å²) < 4.78 is 14.4. The predicted octanol–water partition coefficient (Wildman–Crippen LogP) is 3.26. The van der Waals surface area contributed by atoms with E-state index in [4.69, 9.17) is 5.11 Å². The van der Waals surface area contributed by atoms with Gasteiger partial charge in [0, 0.05) is 10.9 Å². The van der Waals surface area contributed by atoms with E-state index in [9.17, 15) is 14.0 Å². The fourth-order valence-corrected chi connectivity index (χ4v) is 3.26. The molecule has 0 spiro atoms. The molecule has 20 heavy (non-hydrogen) atoms. The number of hydrogen-bond acceptors (Lipinski definition) is 5. The van der Waals surface area contributed by atoms with E-state index in [0.29, 0.717) is 20.5 Å². The summed E-state index contributed by atoms with van der Waals surface area (Å²) in [4.78, 5) is 26.2. The van der Waals surface area contributed by atoms with Gasteiger partial charge in [-0.05, 0) is 19.1 Å². The number of carbonyl (C=O) groups is 2. The highest BCUT2D eigenvalue weighted by molar-refractivity contribution is 8.01. The number of Topliss-reactive ketones (excluding diaryl/α,β-unsaturated/α-hetero) is 1. The molecule has 0 unspecified atom stereocenters. The Hall–Kier alpha value is -1.73. The largest absolute Gasteiger partial charge is 0.481 e. The zero-order valence-corrected chi connectivity index (χ0v) is 12.1. The molecule has 0 amide bonds. The number of aliphatic carboxylic acids is 1. The Morgan fingerprint density at radius 1 is 1.45 bits per heavy atom. The normalized spacial score (nSPS) is 10.5. The van der Waals surface area contributed by atoms with Gasteiger partial charge in [0.05, 0.1) is 17.0 Å². The van der Waals surface area contributed by atoms with Gasteiger partial charge in [0.2, 0.25) is 0 Å². The van der Waals surface area contributed by atoms with E-state index in [1.807, 2.05) is 0 Å². The molecule has 1 aromatic carbocycles. The van der Waals surface area contributed by atoms with E-state index in [-0.39, 0.29) is 12.2 Å². The average molecular weight is 311 g/mol. The van der Waals surface area contributed by atoms with Crippen LogP contribution in [0.25, 0.3) is 0 Å². The van der Waals surface area contributed by atoms with Crippen molar-refractivity contribution in [1.82, 2.24) is 4.98 Å². The number of thiazole rings is 1. The average Bonchev–Trinajstić information content (AvgIpc) is 2.78. The van der Waals surface area contributed by atoms with Crippen LogP contribution in [0.15, 0.2) is 32.8 Å². The number of hydrogen-bond donors (Lipinski definition) is 1. The summed E-state index contributed by atoms with van der Waals surface area (Å²) in [5, 5.41) is 10.3. The molecule has 0 atom stereocenters. The molecule has 4 nitrogen and oxygen atoms in total. The number of nitrogens with zero attached hydrogens (tertiary/aromatic N) is 1. The van der Waals surface area contributed by atoms with E-state index in [1.54, 1.807) is 11.4 Å². The zero-order chi connectivity index (χ0) is 14.7. The van der Waals surface area contributed by atoms with E-state index >= 15 is 0 Å². The van der Waals surface area contributed by atoms with Crippen molar-refractivity contribution >= 4 is 34.9 Å². The fourth-order valence-electron chi connectivity index (χ4n) is 1.47. The van der Waals surface area contributed by atoms with Crippen molar-refractivity contribution in [2.45, 2.75) is 22.6 Å². The van der Waals surface area contributed by atoms with Gasteiger partial charge < -0.3 is 5.11 Å². The third-order valence-electron chi connectivity index (χ3n) is 2.40. The van der Waals surface area contributed by atoms with Crippen LogP contribution in [0.2, 0.25) is 0 Å². The minimum atomic E-state index is -0.955. The number of carbonyl (C=O) groups excluding carboxylic acids is 1. The lowest BCUT2D eigenvalue weighted by molar-refractivity contribution is -0.136. The number of ketones is 1. The Labute approximate surface area is 122 Å². The number of carboxylic acids is 1. The Morgan fingerprint density at radius 2 is 2.20 bits per heavy atom. The molecule has 1 heterocycles. The standard InChI is InChI=1S/C13H10FNO3S2/c1-7(16)8-2-3-11(10(14)4-8)20-13-15-9(6-19-13)5-12(17)18/h2-4,6H,5H2,1H3,(H,17,18). The first kappa shape index (κ1) is 14.7. The molecule has 0 saturated carbocycles. The van der Waals surface area contributed by atoms with Gasteiger partial charge in [0.25, 0.3) is 0 Å². The molecule has 104 valence electrons. The monoisotopic (exact) mass is 311 g/mol. The number of benzene rings is 1. The van der Waals surface area contributed by atoms with Crippen LogP contribution >= 0.6 is 23.1 Å². The molecule has 7 heteroatoms.